The standard InChI is InChI=1S/C21H26N2O4S/c1-16(24)17-8-10-20(11-9-17)28(25,26)22-15-21(23-12-3-4-13-23)18-6-5-7-19(14-18)27-2/h5-11,14,21-22H,3-4,12-13,15H2,1-2H3. The van der Waals surface area contributed by atoms with Gasteiger partial charge in [-0.1, -0.05) is 24.3 Å². The van der Waals surface area contributed by atoms with Gasteiger partial charge in [0.25, 0.3) is 0 Å². The number of nitrogens with zero attached hydrogens (tertiary/aromatic N) is 1. The summed E-state index contributed by atoms with van der Waals surface area (Å²) in [5.41, 5.74) is 1.51. The number of rotatable bonds is 8. The maximum Gasteiger partial charge on any atom is 0.240 e. The topological polar surface area (TPSA) is 75.7 Å². The highest BCUT2D eigenvalue weighted by molar-refractivity contribution is 7.89. The normalized spacial score (nSPS) is 16.1. The maximum atomic E-state index is 12.7. The molecule has 0 spiro atoms. The summed E-state index contributed by atoms with van der Waals surface area (Å²) in [6.45, 7) is 3.61. The number of sulfonamides is 1. The van der Waals surface area contributed by atoms with Crippen molar-refractivity contribution >= 4 is 15.8 Å². The number of benzene rings is 2. The summed E-state index contributed by atoms with van der Waals surface area (Å²) in [6, 6.07) is 13.7. The molecular weight excluding hydrogens is 376 g/mol. The summed E-state index contributed by atoms with van der Waals surface area (Å²) in [6.07, 6.45) is 2.22. The summed E-state index contributed by atoms with van der Waals surface area (Å²) in [7, 11) is -2.05. The molecule has 1 fully saturated rings. The van der Waals surface area contributed by atoms with Gasteiger partial charge in [-0.2, -0.15) is 0 Å². The highest BCUT2D eigenvalue weighted by Crippen LogP contribution is 2.27. The smallest absolute Gasteiger partial charge is 0.240 e. The molecule has 1 aliphatic heterocycles. The molecule has 0 radical (unpaired) electrons. The lowest BCUT2D eigenvalue weighted by atomic mass is 10.1. The third-order valence-corrected chi connectivity index (χ3v) is 6.54. The summed E-state index contributed by atoms with van der Waals surface area (Å²) < 4.78 is 33.6. The molecule has 1 atom stereocenters. The molecule has 1 N–H and O–H groups in total. The summed E-state index contributed by atoms with van der Waals surface area (Å²) in [5, 5.41) is 0. The van der Waals surface area contributed by atoms with E-state index >= 15 is 0 Å². The van der Waals surface area contributed by atoms with Gasteiger partial charge in [-0.05, 0) is 62.7 Å². The van der Waals surface area contributed by atoms with Crippen LogP contribution in [0, 0.1) is 0 Å². The maximum absolute atomic E-state index is 12.7. The van der Waals surface area contributed by atoms with Gasteiger partial charge in [0.05, 0.1) is 12.0 Å². The number of ether oxygens (including phenoxy) is 1. The minimum Gasteiger partial charge on any atom is -0.497 e. The lowest BCUT2D eigenvalue weighted by Crippen LogP contribution is -2.36. The Morgan fingerprint density at radius 2 is 1.82 bits per heavy atom. The van der Waals surface area contributed by atoms with E-state index in [-0.39, 0.29) is 23.3 Å². The van der Waals surface area contributed by atoms with Gasteiger partial charge in [-0.3, -0.25) is 9.69 Å². The molecule has 6 nitrogen and oxygen atoms in total. The van der Waals surface area contributed by atoms with E-state index in [2.05, 4.69) is 9.62 Å². The molecule has 28 heavy (non-hydrogen) atoms. The summed E-state index contributed by atoms with van der Waals surface area (Å²) in [5.74, 6) is 0.661. The van der Waals surface area contributed by atoms with Gasteiger partial charge in [0, 0.05) is 18.2 Å². The van der Waals surface area contributed by atoms with Crippen LogP contribution >= 0.6 is 0 Å². The summed E-state index contributed by atoms with van der Waals surface area (Å²) in [4.78, 5) is 13.9. The molecule has 150 valence electrons. The van der Waals surface area contributed by atoms with Crippen LogP contribution in [-0.2, 0) is 10.0 Å². The zero-order valence-electron chi connectivity index (χ0n) is 16.2. The van der Waals surface area contributed by atoms with Crippen LogP contribution < -0.4 is 9.46 Å². The number of Topliss-reactive ketones (excluding diaryl/α,β-unsaturated/α-hetero) is 1. The van der Waals surface area contributed by atoms with Crippen molar-refractivity contribution in [2.75, 3.05) is 26.7 Å². The number of likely N-dealkylation sites (tertiary alicyclic amines) is 1. The average Bonchev–Trinajstić information content (AvgIpc) is 3.23. The lowest BCUT2D eigenvalue weighted by molar-refractivity contribution is 0.101. The zero-order valence-corrected chi connectivity index (χ0v) is 17.0. The highest BCUT2D eigenvalue weighted by atomic mass is 32.2. The first-order chi connectivity index (χ1) is 13.4. The Morgan fingerprint density at radius 1 is 1.14 bits per heavy atom. The Balaban J connectivity index is 1.79. The van der Waals surface area contributed by atoms with E-state index in [4.69, 9.17) is 4.74 Å². The molecule has 0 aliphatic carbocycles. The molecule has 1 unspecified atom stereocenters. The van der Waals surface area contributed by atoms with Gasteiger partial charge in [-0.25, -0.2) is 13.1 Å². The van der Waals surface area contributed by atoms with Crippen molar-refractivity contribution in [3.63, 3.8) is 0 Å². The average molecular weight is 403 g/mol. The highest BCUT2D eigenvalue weighted by Gasteiger charge is 2.26. The molecule has 3 rings (SSSR count). The first-order valence-electron chi connectivity index (χ1n) is 9.39. The minimum atomic E-state index is -3.67. The van der Waals surface area contributed by atoms with Crippen molar-refractivity contribution in [3.8, 4) is 5.75 Å². The van der Waals surface area contributed by atoms with Crippen molar-refractivity contribution in [3.05, 3.63) is 59.7 Å². The Bertz CT molecular complexity index is 920. The van der Waals surface area contributed by atoms with Gasteiger partial charge in [0.1, 0.15) is 5.75 Å². The van der Waals surface area contributed by atoms with Crippen LogP contribution in [0.2, 0.25) is 0 Å². The van der Waals surface area contributed by atoms with Crippen LogP contribution in [0.3, 0.4) is 0 Å². The first-order valence-corrected chi connectivity index (χ1v) is 10.9. The Morgan fingerprint density at radius 3 is 2.43 bits per heavy atom. The number of nitrogens with one attached hydrogen (secondary N) is 1. The molecule has 1 aliphatic rings. The fraction of sp³-hybridized carbons (Fsp3) is 0.381. The monoisotopic (exact) mass is 402 g/mol. The van der Waals surface area contributed by atoms with Crippen molar-refractivity contribution in [1.82, 2.24) is 9.62 Å². The third kappa shape index (κ3) is 4.79. The Kier molecular flexibility index (Phi) is 6.49. The van der Waals surface area contributed by atoms with Crippen LogP contribution in [0.5, 0.6) is 5.75 Å². The second-order valence-electron chi connectivity index (χ2n) is 6.97. The second-order valence-corrected chi connectivity index (χ2v) is 8.73. The number of carbonyl (C=O) groups excluding carboxylic acids is 1. The molecule has 2 aromatic carbocycles. The number of ketones is 1. The van der Waals surface area contributed by atoms with Crippen molar-refractivity contribution in [2.24, 2.45) is 0 Å². The van der Waals surface area contributed by atoms with Crippen molar-refractivity contribution in [2.45, 2.75) is 30.7 Å². The quantitative estimate of drug-likeness (QED) is 0.687. The van der Waals surface area contributed by atoms with E-state index in [1.165, 1.54) is 31.2 Å². The van der Waals surface area contributed by atoms with Gasteiger partial charge >= 0.3 is 0 Å². The second kappa shape index (κ2) is 8.86. The van der Waals surface area contributed by atoms with Crippen molar-refractivity contribution < 1.29 is 17.9 Å². The largest absolute Gasteiger partial charge is 0.497 e. The van der Waals surface area contributed by atoms with Gasteiger partial charge in [0.2, 0.25) is 10.0 Å². The number of hydrogen-bond donors (Lipinski definition) is 1. The van der Waals surface area contributed by atoms with Crippen LogP contribution in [0.1, 0.15) is 41.7 Å². The lowest BCUT2D eigenvalue weighted by Gasteiger charge is -2.28. The fourth-order valence-corrected chi connectivity index (χ4v) is 4.54. The van der Waals surface area contributed by atoms with E-state index in [1.54, 1.807) is 7.11 Å². The van der Waals surface area contributed by atoms with Crippen LogP contribution in [0.4, 0.5) is 0 Å². The molecule has 7 heteroatoms. The molecular formula is C21H26N2O4S. The first kappa shape index (κ1) is 20.5. The van der Waals surface area contributed by atoms with Gasteiger partial charge in [-0.15, -0.1) is 0 Å². The van der Waals surface area contributed by atoms with E-state index in [0.717, 1.165) is 37.2 Å². The molecule has 0 saturated carbocycles. The van der Waals surface area contributed by atoms with E-state index < -0.39 is 10.0 Å². The number of methoxy groups -OCH3 is 1. The van der Waals surface area contributed by atoms with E-state index in [0.29, 0.717) is 5.56 Å². The molecule has 1 heterocycles. The van der Waals surface area contributed by atoms with Gasteiger partial charge < -0.3 is 4.74 Å². The molecule has 0 aromatic heterocycles. The van der Waals surface area contributed by atoms with E-state index in [1.807, 2.05) is 24.3 Å². The zero-order chi connectivity index (χ0) is 20.1. The van der Waals surface area contributed by atoms with Crippen LogP contribution in [0.15, 0.2) is 53.4 Å². The van der Waals surface area contributed by atoms with Crippen LogP contribution in [0.25, 0.3) is 0 Å². The molecule has 2 aromatic rings. The summed E-state index contributed by atoms with van der Waals surface area (Å²) >= 11 is 0. The molecule has 0 amide bonds. The molecule has 1 saturated heterocycles. The predicted octanol–water partition coefficient (Wildman–Crippen LogP) is 3.01. The van der Waals surface area contributed by atoms with Gasteiger partial charge in [0.15, 0.2) is 5.78 Å². The number of carbonyl (C=O) groups is 1. The Labute approximate surface area is 166 Å². The SMILES string of the molecule is COc1cccc(C(CNS(=O)(=O)c2ccc(C(C)=O)cc2)N2CCCC2)c1. The minimum absolute atomic E-state index is 0.0659. The Hall–Kier alpha value is -2.22. The van der Waals surface area contributed by atoms with E-state index in [9.17, 15) is 13.2 Å². The predicted molar refractivity (Wildman–Crippen MR) is 108 cm³/mol. The molecule has 0 bridgehead atoms. The third-order valence-electron chi connectivity index (χ3n) is 5.10. The fourth-order valence-electron chi connectivity index (χ4n) is 3.50. The number of hydrogen-bond acceptors (Lipinski definition) is 5. The van der Waals surface area contributed by atoms with Crippen LogP contribution in [-0.4, -0.2) is 45.8 Å². The van der Waals surface area contributed by atoms with Crippen molar-refractivity contribution in [1.29, 1.82) is 0 Å².